The fraction of sp³-hybridized carbons (Fsp3) is 0.667. The molecule has 2 aromatic rings. The zero-order valence-electron chi connectivity index (χ0n) is 15.5. The van der Waals surface area contributed by atoms with Crippen molar-refractivity contribution in [2.75, 3.05) is 26.2 Å². The van der Waals surface area contributed by atoms with Crippen molar-refractivity contribution in [3.63, 3.8) is 0 Å². The standard InChI is InChI=1S/C18H26N6O2/c1-13-10-15(26-21-13)18(25)24-9-5-6-14(11-24)17-20-19-16(22(17)2)12-23-7-3-4-8-23/h10,14H,3-9,11-12H2,1-2H3/t14-/m0/s1. The molecule has 1 amide bonds. The molecular formula is C18H26N6O2. The molecule has 0 saturated carbocycles. The number of amides is 1. The van der Waals surface area contributed by atoms with E-state index in [0.29, 0.717) is 12.3 Å². The van der Waals surface area contributed by atoms with Crippen LogP contribution < -0.4 is 0 Å². The van der Waals surface area contributed by atoms with Crippen LogP contribution in [0.3, 0.4) is 0 Å². The summed E-state index contributed by atoms with van der Waals surface area (Å²) < 4.78 is 7.26. The summed E-state index contributed by atoms with van der Waals surface area (Å²) in [5.74, 6) is 2.42. The minimum Gasteiger partial charge on any atom is -0.351 e. The minimum absolute atomic E-state index is 0.0882. The van der Waals surface area contributed by atoms with E-state index < -0.39 is 0 Å². The van der Waals surface area contributed by atoms with Gasteiger partial charge in [0.25, 0.3) is 5.91 Å². The van der Waals surface area contributed by atoms with Gasteiger partial charge in [0, 0.05) is 32.1 Å². The zero-order chi connectivity index (χ0) is 18.1. The van der Waals surface area contributed by atoms with Crippen LogP contribution in [0.2, 0.25) is 0 Å². The van der Waals surface area contributed by atoms with Crippen molar-refractivity contribution in [2.45, 2.75) is 45.1 Å². The molecule has 140 valence electrons. The van der Waals surface area contributed by atoms with E-state index in [2.05, 4.69) is 24.8 Å². The largest absolute Gasteiger partial charge is 0.351 e. The molecule has 8 heteroatoms. The van der Waals surface area contributed by atoms with Gasteiger partial charge >= 0.3 is 0 Å². The summed E-state index contributed by atoms with van der Waals surface area (Å²) in [6.07, 6.45) is 4.52. The predicted octanol–water partition coefficient (Wildman–Crippen LogP) is 1.73. The highest BCUT2D eigenvalue weighted by atomic mass is 16.5. The van der Waals surface area contributed by atoms with Crippen LogP contribution in [0.4, 0.5) is 0 Å². The maximum absolute atomic E-state index is 12.7. The highest BCUT2D eigenvalue weighted by Crippen LogP contribution is 2.27. The summed E-state index contributed by atoms with van der Waals surface area (Å²) in [5, 5.41) is 12.7. The maximum atomic E-state index is 12.7. The smallest absolute Gasteiger partial charge is 0.292 e. The Morgan fingerprint density at radius 1 is 1.23 bits per heavy atom. The average molecular weight is 358 g/mol. The van der Waals surface area contributed by atoms with Gasteiger partial charge in [-0.25, -0.2) is 0 Å². The van der Waals surface area contributed by atoms with Gasteiger partial charge in [-0.15, -0.1) is 10.2 Å². The fourth-order valence-electron chi connectivity index (χ4n) is 4.00. The minimum atomic E-state index is -0.0882. The molecule has 0 aliphatic carbocycles. The van der Waals surface area contributed by atoms with E-state index in [9.17, 15) is 4.79 Å². The molecule has 4 rings (SSSR count). The number of aromatic nitrogens is 4. The number of aryl methyl sites for hydroxylation is 1. The molecule has 0 unspecified atom stereocenters. The molecule has 2 aliphatic heterocycles. The Bertz CT molecular complexity index is 776. The molecule has 2 fully saturated rings. The zero-order valence-corrected chi connectivity index (χ0v) is 15.5. The Morgan fingerprint density at radius 3 is 2.77 bits per heavy atom. The molecule has 0 bridgehead atoms. The second-order valence-corrected chi connectivity index (χ2v) is 7.44. The van der Waals surface area contributed by atoms with Crippen LogP contribution in [0.5, 0.6) is 0 Å². The summed E-state index contributed by atoms with van der Waals surface area (Å²) in [7, 11) is 2.04. The lowest BCUT2D eigenvalue weighted by Crippen LogP contribution is -2.39. The van der Waals surface area contributed by atoms with E-state index >= 15 is 0 Å². The molecule has 1 atom stereocenters. The van der Waals surface area contributed by atoms with Crippen LogP contribution in [0.1, 0.15) is 59.5 Å². The van der Waals surface area contributed by atoms with E-state index in [0.717, 1.165) is 56.4 Å². The number of carbonyl (C=O) groups is 1. The highest BCUT2D eigenvalue weighted by molar-refractivity contribution is 5.91. The van der Waals surface area contributed by atoms with Crippen LogP contribution in [0, 0.1) is 6.92 Å². The fourth-order valence-corrected chi connectivity index (χ4v) is 4.00. The van der Waals surface area contributed by atoms with Gasteiger partial charge in [-0.2, -0.15) is 0 Å². The summed E-state index contributed by atoms with van der Waals surface area (Å²) >= 11 is 0. The number of hydrogen-bond donors (Lipinski definition) is 0. The molecule has 0 N–H and O–H groups in total. The molecule has 0 spiro atoms. The number of likely N-dealkylation sites (tertiary alicyclic amines) is 2. The lowest BCUT2D eigenvalue weighted by Gasteiger charge is -2.31. The quantitative estimate of drug-likeness (QED) is 0.828. The van der Waals surface area contributed by atoms with E-state index in [4.69, 9.17) is 4.52 Å². The average Bonchev–Trinajstić information content (AvgIpc) is 3.38. The molecule has 0 aromatic carbocycles. The number of rotatable bonds is 4. The molecule has 4 heterocycles. The Hall–Kier alpha value is -2.22. The predicted molar refractivity (Wildman–Crippen MR) is 94.6 cm³/mol. The lowest BCUT2D eigenvalue weighted by molar-refractivity contribution is 0.0661. The van der Waals surface area contributed by atoms with E-state index in [1.165, 1.54) is 12.8 Å². The van der Waals surface area contributed by atoms with Crippen molar-refractivity contribution in [3.05, 3.63) is 29.2 Å². The lowest BCUT2D eigenvalue weighted by atomic mass is 9.97. The second kappa shape index (κ2) is 7.19. The Labute approximate surface area is 153 Å². The Morgan fingerprint density at radius 2 is 2.04 bits per heavy atom. The molecule has 0 radical (unpaired) electrons. The van der Waals surface area contributed by atoms with E-state index in [1.807, 2.05) is 18.9 Å². The SMILES string of the molecule is Cc1cc(C(=O)N2CCC[C@H](c3nnc(CN4CCCC4)n3C)C2)on1. The number of piperidine rings is 1. The normalized spacial score (nSPS) is 21.5. The first-order valence-corrected chi connectivity index (χ1v) is 9.45. The summed E-state index contributed by atoms with van der Waals surface area (Å²) in [4.78, 5) is 16.9. The second-order valence-electron chi connectivity index (χ2n) is 7.44. The van der Waals surface area contributed by atoms with Crippen molar-refractivity contribution in [2.24, 2.45) is 7.05 Å². The third-order valence-electron chi connectivity index (χ3n) is 5.47. The summed E-state index contributed by atoms with van der Waals surface area (Å²) in [6.45, 7) is 6.35. The van der Waals surface area contributed by atoms with Crippen molar-refractivity contribution in [1.82, 2.24) is 29.7 Å². The van der Waals surface area contributed by atoms with Gasteiger partial charge in [0.2, 0.25) is 5.76 Å². The third kappa shape index (κ3) is 3.38. The van der Waals surface area contributed by atoms with Crippen LogP contribution in [-0.2, 0) is 13.6 Å². The van der Waals surface area contributed by atoms with Gasteiger partial charge < -0.3 is 14.0 Å². The molecular weight excluding hydrogens is 332 g/mol. The van der Waals surface area contributed by atoms with Crippen molar-refractivity contribution < 1.29 is 9.32 Å². The van der Waals surface area contributed by atoms with Crippen molar-refractivity contribution in [1.29, 1.82) is 0 Å². The van der Waals surface area contributed by atoms with Crippen LogP contribution in [-0.4, -0.2) is 61.8 Å². The first kappa shape index (κ1) is 17.2. The van der Waals surface area contributed by atoms with Gasteiger partial charge in [0.15, 0.2) is 0 Å². The third-order valence-corrected chi connectivity index (χ3v) is 5.47. The van der Waals surface area contributed by atoms with Gasteiger partial charge in [-0.3, -0.25) is 9.69 Å². The number of carbonyl (C=O) groups excluding carboxylic acids is 1. The monoisotopic (exact) mass is 358 g/mol. The molecule has 2 saturated heterocycles. The van der Waals surface area contributed by atoms with E-state index in [-0.39, 0.29) is 11.8 Å². The summed E-state index contributed by atoms with van der Waals surface area (Å²) in [5.41, 5.74) is 0.724. The summed E-state index contributed by atoms with van der Waals surface area (Å²) in [6, 6.07) is 1.70. The highest BCUT2D eigenvalue weighted by Gasteiger charge is 2.30. The molecule has 2 aromatic heterocycles. The van der Waals surface area contributed by atoms with Gasteiger partial charge in [0.1, 0.15) is 11.6 Å². The molecule has 2 aliphatic rings. The van der Waals surface area contributed by atoms with E-state index in [1.54, 1.807) is 6.07 Å². The van der Waals surface area contributed by atoms with Crippen LogP contribution in [0.25, 0.3) is 0 Å². The van der Waals surface area contributed by atoms with Gasteiger partial charge in [-0.1, -0.05) is 5.16 Å². The Balaban J connectivity index is 1.46. The maximum Gasteiger partial charge on any atom is 0.292 e. The molecule has 26 heavy (non-hydrogen) atoms. The topological polar surface area (TPSA) is 80.3 Å². The van der Waals surface area contributed by atoms with Gasteiger partial charge in [0.05, 0.1) is 12.2 Å². The van der Waals surface area contributed by atoms with Gasteiger partial charge in [-0.05, 0) is 45.7 Å². The number of nitrogens with zero attached hydrogens (tertiary/aromatic N) is 6. The Kier molecular flexibility index (Phi) is 4.76. The first-order chi connectivity index (χ1) is 12.6. The van der Waals surface area contributed by atoms with Crippen LogP contribution in [0.15, 0.2) is 10.6 Å². The van der Waals surface area contributed by atoms with Crippen LogP contribution >= 0.6 is 0 Å². The molecule has 8 nitrogen and oxygen atoms in total. The number of hydrogen-bond acceptors (Lipinski definition) is 6. The van der Waals surface area contributed by atoms with Crippen molar-refractivity contribution in [3.8, 4) is 0 Å². The first-order valence-electron chi connectivity index (χ1n) is 9.45. The van der Waals surface area contributed by atoms with Crippen molar-refractivity contribution >= 4 is 5.91 Å².